The first kappa shape index (κ1) is 13.8. The maximum atomic E-state index is 12.3. The molecule has 1 saturated heterocycles. The molecule has 1 N–H and O–H groups in total. The topological polar surface area (TPSA) is 57.6 Å². The van der Waals surface area contributed by atoms with E-state index in [1.165, 1.54) is 4.90 Å². The number of hydrogen-bond donors (Lipinski definition) is 1. The van der Waals surface area contributed by atoms with Crippen LogP contribution in [0.2, 0.25) is 0 Å². The summed E-state index contributed by atoms with van der Waals surface area (Å²) >= 11 is 0. The van der Waals surface area contributed by atoms with Crippen molar-refractivity contribution in [2.24, 2.45) is 11.8 Å². The summed E-state index contributed by atoms with van der Waals surface area (Å²) < 4.78 is 0. The fourth-order valence-corrected chi connectivity index (χ4v) is 3.16. The lowest BCUT2D eigenvalue weighted by atomic mass is 10.00. The third-order valence-electron chi connectivity index (χ3n) is 4.19. The van der Waals surface area contributed by atoms with Gasteiger partial charge in [0.15, 0.2) is 0 Å². The van der Waals surface area contributed by atoms with Crippen LogP contribution >= 0.6 is 0 Å². The molecule has 1 heterocycles. The van der Waals surface area contributed by atoms with Crippen molar-refractivity contribution in [1.29, 1.82) is 0 Å². The molecular formula is C17H17NO3. The van der Waals surface area contributed by atoms with Crippen molar-refractivity contribution in [2.45, 2.75) is 25.7 Å². The van der Waals surface area contributed by atoms with Gasteiger partial charge in [0, 0.05) is 12.0 Å². The smallest absolute Gasteiger partial charge is 0.237 e. The van der Waals surface area contributed by atoms with E-state index < -0.39 is 0 Å². The Labute approximate surface area is 123 Å². The molecule has 1 aromatic rings. The molecule has 1 aromatic carbocycles. The molecule has 0 spiro atoms. The van der Waals surface area contributed by atoms with E-state index in [2.05, 4.69) is 11.8 Å². The summed E-state index contributed by atoms with van der Waals surface area (Å²) in [5, 5.41) is 8.68. The second kappa shape index (κ2) is 5.71. The second-order valence-corrected chi connectivity index (χ2v) is 5.48. The molecule has 21 heavy (non-hydrogen) atoms. The van der Waals surface area contributed by atoms with Crippen LogP contribution in [0.1, 0.15) is 31.2 Å². The highest BCUT2D eigenvalue weighted by Gasteiger charge is 2.50. The molecule has 1 saturated carbocycles. The lowest BCUT2D eigenvalue weighted by molar-refractivity contribution is -0.122. The Bertz CT molecular complexity index is 602. The number of carbonyl (C=O) groups excluding carboxylic acids is 2. The maximum absolute atomic E-state index is 12.3. The number of nitrogens with zero attached hydrogens (tertiary/aromatic N) is 1. The fourth-order valence-electron chi connectivity index (χ4n) is 3.16. The van der Waals surface area contributed by atoms with Crippen molar-refractivity contribution in [3.05, 3.63) is 29.8 Å². The molecule has 0 bridgehead atoms. The van der Waals surface area contributed by atoms with Crippen molar-refractivity contribution < 1.29 is 14.7 Å². The van der Waals surface area contributed by atoms with Gasteiger partial charge in [-0.1, -0.05) is 18.3 Å². The average Bonchev–Trinajstić information content (AvgIpc) is 3.06. The first-order valence-electron chi connectivity index (χ1n) is 7.30. The fraction of sp³-hybridized carbons (Fsp3) is 0.412. The minimum Gasteiger partial charge on any atom is -0.395 e. The third kappa shape index (κ3) is 2.45. The van der Waals surface area contributed by atoms with Crippen LogP contribution in [0.4, 0.5) is 5.69 Å². The van der Waals surface area contributed by atoms with Crippen LogP contribution in [-0.4, -0.2) is 23.5 Å². The number of aliphatic hydroxyl groups is 1. The normalized spacial score (nSPS) is 24.0. The Morgan fingerprint density at radius 1 is 1.10 bits per heavy atom. The minimum atomic E-state index is -0.110. The first-order chi connectivity index (χ1) is 10.2. The van der Waals surface area contributed by atoms with Gasteiger partial charge < -0.3 is 5.11 Å². The van der Waals surface area contributed by atoms with Crippen molar-refractivity contribution in [3.8, 4) is 11.8 Å². The highest BCUT2D eigenvalue weighted by Crippen LogP contribution is 2.41. The Hall–Kier alpha value is -2.12. The van der Waals surface area contributed by atoms with Crippen LogP contribution in [0.5, 0.6) is 0 Å². The SMILES string of the molecule is O=C1C2CCCC2C(=O)N1c1ccc(C#CCCO)cc1. The van der Waals surface area contributed by atoms with Crippen LogP contribution < -0.4 is 4.90 Å². The lowest BCUT2D eigenvalue weighted by Crippen LogP contribution is -2.31. The molecule has 0 aromatic heterocycles. The van der Waals surface area contributed by atoms with Crippen LogP contribution in [0.25, 0.3) is 0 Å². The molecule has 4 heteroatoms. The van der Waals surface area contributed by atoms with Gasteiger partial charge in [-0.05, 0) is 37.1 Å². The van der Waals surface area contributed by atoms with E-state index in [1.807, 2.05) is 0 Å². The van der Waals surface area contributed by atoms with Crippen molar-refractivity contribution in [1.82, 2.24) is 0 Å². The summed E-state index contributed by atoms with van der Waals surface area (Å²) in [7, 11) is 0. The van der Waals surface area contributed by atoms with Crippen LogP contribution in [0, 0.1) is 23.7 Å². The summed E-state index contributed by atoms with van der Waals surface area (Å²) in [5.41, 5.74) is 1.44. The lowest BCUT2D eigenvalue weighted by Gasteiger charge is -2.15. The average molecular weight is 283 g/mol. The number of fused-ring (bicyclic) bond motifs is 1. The number of anilines is 1. The minimum absolute atomic E-state index is 0.0463. The monoisotopic (exact) mass is 283 g/mol. The Balaban J connectivity index is 1.80. The molecule has 1 aliphatic carbocycles. The molecule has 2 aliphatic rings. The van der Waals surface area contributed by atoms with Crippen molar-refractivity contribution >= 4 is 17.5 Å². The van der Waals surface area contributed by atoms with Crippen LogP contribution in [-0.2, 0) is 9.59 Å². The zero-order valence-electron chi connectivity index (χ0n) is 11.7. The van der Waals surface area contributed by atoms with Crippen LogP contribution in [0.15, 0.2) is 24.3 Å². The number of carbonyl (C=O) groups is 2. The van der Waals surface area contributed by atoms with E-state index in [9.17, 15) is 9.59 Å². The quantitative estimate of drug-likeness (QED) is 0.664. The van der Waals surface area contributed by atoms with E-state index in [-0.39, 0.29) is 30.3 Å². The van der Waals surface area contributed by atoms with Gasteiger partial charge in [0.05, 0.1) is 24.1 Å². The molecule has 2 atom stereocenters. The summed E-state index contributed by atoms with van der Waals surface area (Å²) in [6.07, 6.45) is 3.07. The zero-order chi connectivity index (χ0) is 14.8. The molecule has 108 valence electrons. The van der Waals surface area contributed by atoms with E-state index in [4.69, 9.17) is 5.11 Å². The van der Waals surface area contributed by atoms with E-state index >= 15 is 0 Å². The van der Waals surface area contributed by atoms with Crippen LogP contribution in [0.3, 0.4) is 0 Å². The third-order valence-corrected chi connectivity index (χ3v) is 4.19. The van der Waals surface area contributed by atoms with Gasteiger partial charge in [-0.3, -0.25) is 14.5 Å². The second-order valence-electron chi connectivity index (χ2n) is 5.48. The van der Waals surface area contributed by atoms with Gasteiger partial charge in [-0.25, -0.2) is 0 Å². The summed E-state index contributed by atoms with van der Waals surface area (Å²) in [6, 6.07) is 7.13. The molecule has 4 nitrogen and oxygen atoms in total. The van der Waals surface area contributed by atoms with Gasteiger partial charge in [0.25, 0.3) is 0 Å². The van der Waals surface area contributed by atoms with E-state index in [0.29, 0.717) is 12.1 Å². The molecule has 3 rings (SSSR count). The number of benzene rings is 1. The Morgan fingerprint density at radius 2 is 1.71 bits per heavy atom. The molecule has 2 unspecified atom stereocenters. The summed E-state index contributed by atoms with van der Waals surface area (Å²) in [6.45, 7) is 0.0463. The number of aliphatic hydroxyl groups excluding tert-OH is 1. The number of rotatable bonds is 2. The van der Waals surface area contributed by atoms with Crippen molar-refractivity contribution in [3.63, 3.8) is 0 Å². The van der Waals surface area contributed by atoms with Crippen molar-refractivity contribution in [2.75, 3.05) is 11.5 Å². The van der Waals surface area contributed by atoms with Gasteiger partial charge in [-0.15, -0.1) is 0 Å². The highest BCUT2D eigenvalue weighted by atomic mass is 16.2. The maximum Gasteiger partial charge on any atom is 0.237 e. The summed E-state index contributed by atoms with van der Waals surface area (Å²) in [4.78, 5) is 26.0. The zero-order valence-corrected chi connectivity index (χ0v) is 11.7. The van der Waals surface area contributed by atoms with E-state index in [0.717, 1.165) is 24.8 Å². The van der Waals surface area contributed by atoms with Gasteiger partial charge in [0.2, 0.25) is 11.8 Å². The highest BCUT2D eigenvalue weighted by molar-refractivity contribution is 6.22. The predicted molar refractivity (Wildman–Crippen MR) is 78.3 cm³/mol. The van der Waals surface area contributed by atoms with Gasteiger partial charge in [-0.2, -0.15) is 0 Å². The summed E-state index contributed by atoms with van der Waals surface area (Å²) in [5.74, 6) is 5.44. The van der Waals surface area contributed by atoms with E-state index in [1.54, 1.807) is 24.3 Å². The standard InChI is InChI=1S/C17H17NO3/c19-11-2-1-4-12-7-9-13(10-8-12)18-16(20)14-5-3-6-15(14)17(18)21/h7-10,14-15,19H,2-3,5-6,11H2. The molecule has 1 aliphatic heterocycles. The molecule has 2 fully saturated rings. The largest absolute Gasteiger partial charge is 0.395 e. The number of amides is 2. The molecular weight excluding hydrogens is 266 g/mol. The molecule has 0 radical (unpaired) electrons. The number of hydrogen-bond acceptors (Lipinski definition) is 3. The van der Waals surface area contributed by atoms with Gasteiger partial charge in [0.1, 0.15) is 0 Å². The predicted octanol–water partition coefficient (Wildman–Crippen LogP) is 1.71. The van der Waals surface area contributed by atoms with Gasteiger partial charge >= 0.3 is 0 Å². The molecule has 2 amide bonds. The first-order valence-corrected chi connectivity index (χ1v) is 7.30. The Kier molecular flexibility index (Phi) is 3.76. The Morgan fingerprint density at radius 3 is 2.29 bits per heavy atom. The number of imide groups is 1.